The number of hydrogen-bond donors (Lipinski definition) is 1. The van der Waals surface area contributed by atoms with Crippen LogP contribution in [0.5, 0.6) is 5.75 Å². The Morgan fingerprint density at radius 1 is 1.08 bits per heavy atom. The number of piperidine rings is 1. The highest BCUT2D eigenvalue weighted by atomic mass is 28.4. The molecule has 7 nitrogen and oxygen atoms in total. The quantitative estimate of drug-likeness (QED) is 0.378. The first-order valence-corrected chi connectivity index (χ1v) is 16.0. The van der Waals surface area contributed by atoms with Crippen molar-refractivity contribution in [1.82, 2.24) is 9.55 Å². The first kappa shape index (κ1) is 27.2. The molecule has 0 unspecified atom stereocenters. The van der Waals surface area contributed by atoms with Crippen LogP contribution >= 0.6 is 0 Å². The lowest BCUT2D eigenvalue weighted by Gasteiger charge is -2.36. The van der Waals surface area contributed by atoms with Crippen LogP contribution in [0.25, 0.3) is 22.2 Å². The minimum Gasteiger partial charge on any atom is -0.543 e. The molecule has 1 aliphatic heterocycles. The van der Waals surface area contributed by atoms with Crippen LogP contribution < -0.4 is 9.33 Å². The Morgan fingerprint density at radius 2 is 1.81 bits per heavy atom. The lowest BCUT2D eigenvalue weighted by atomic mass is 10.1. The Labute approximate surface area is 221 Å². The summed E-state index contributed by atoms with van der Waals surface area (Å²) in [7, 11) is -2.02. The van der Waals surface area contributed by atoms with Gasteiger partial charge in [0.15, 0.2) is 0 Å². The van der Waals surface area contributed by atoms with Gasteiger partial charge in [0.05, 0.1) is 17.3 Å². The standard InChI is InChI=1S/C29H41N3O4Si/c1-28(2,3)35-27(34)32-24-13-12-23(36-37(7,8)29(4,5)6)16-21(24)17-25(32)20-11-14-26(30-18-20)31-15-9-10-22(33)19-31/h11-14,16-18,22,33H,9-10,15,19H2,1-8H3/t22-/m1/s1. The van der Waals surface area contributed by atoms with Gasteiger partial charge in [-0.1, -0.05) is 20.8 Å². The molecule has 1 atom stereocenters. The number of aliphatic hydroxyl groups is 1. The average molecular weight is 524 g/mol. The number of nitrogens with zero attached hydrogens (tertiary/aromatic N) is 3. The largest absolute Gasteiger partial charge is 0.543 e. The van der Waals surface area contributed by atoms with E-state index in [-0.39, 0.29) is 11.1 Å². The predicted octanol–water partition coefficient (Wildman–Crippen LogP) is 6.83. The molecule has 4 rings (SSSR count). The number of ether oxygens (including phenoxy) is 1. The zero-order chi connectivity index (χ0) is 27.2. The van der Waals surface area contributed by atoms with Crippen molar-refractivity contribution < 1.29 is 19.1 Å². The van der Waals surface area contributed by atoms with E-state index in [1.807, 2.05) is 57.2 Å². The molecule has 1 aromatic carbocycles. The van der Waals surface area contributed by atoms with Gasteiger partial charge in [-0.2, -0.15) is 0 Å². The van der Waals surface area contributed by atoms with Crippen molar-refractivity contribution in [3.63, 3.8) is 0 Å². The van der Waals surface area contributed by atoms with Crippen LogP contribution in [0.4, 0.5) is 10.6 Å². The number of anilines is 1. The molecule has 1 fully saturated rings. The summed E-state index contributed by atoms with van der Waals surface area (Å²) in [5.41, 5.74) is 1.66. The Kier molecular flexibility index (Phi) is 7.20. The molecule has 0 amide bonds. The monoisotopic (exact) mass is 523 g/mol. The maximum Gasteiger partial charge on any atom is 0.419 e. The third kappa shape index (κ3) is 6.01. The molecule has 8 heteroatoms. The van der Waals surface area contributed by atoms with Crippen molar-refractivity contribution in [3.8, 4) is 17.0 Å². The topological polar surface area (TPSA) is 76.8 Å². The fourth-order valence-corrected chi connectivity index (χ4v) is 5.33. The van der Waals surface area contributed by atoms with Crippen LogP contribution in [0.2, 0.25) is 18.1 Å². The van der Waals surface area contributed by atoms with Crippen LogP contribution in [0.15, 0.2) is 42.6 Å². The van der Waals surface area contributed by atoms with Crippen LogP contribution in [-0.2, 0) is 4.74 Å². The first-order chi connectivity index (χ1) is 17.1. The number of aliphatic hydroxyl groups excluding tert-OH is 1. The highest BCUT2D eigenvalue weighted by molar-refractivity contribution is 6.74. The van der Waals surface area contributed by atoms with Gasteiger partial charge in [-0.25, -0.2) is 14.3 Å². The first-order valence-electron chi connectivity index (χ1n) is 13.1. The Bertz CT molecular complexity index is 1270. The van der Waals surface area contributed by atoms with E-state index in [0.29, 0.717) is 12.2 Å². The lowest BCUT2D eigenvalue weighted by molar-refractivity contribution is 0.0547. The van der Waals surface area contributed by atoms with Crippen molar-refractivity contribution in [2.24, 2.45) is 0 Å². The highest BCUT2D eigenvalue weighted by Crippen LogP contribution is 2.39. The number of carbonyl (C=O) groups excluding carboxylic acids is 1. The summed E-state index contributed by atoms with van der Waals surface area (Å²) in [4.78, 5) is 20.2. The third-order valence-corrected chi connectivity index (χ3v) is 11.7. The molecule has 1 saturated heterocycles. The molecule has 3 aromatic rings. The van der Waals surface area contributed by atoms with Gasteiger partial charge in [0.2, 0.25) is 8.32 Å². The number of pyridine rings is 1. The smallest absolute Gasteiger partial charge is 0.419 e. The summed E-state index contributed by atoms with van der Waals surface area (Å²) in [6, 6.07) is 11.8. The van der Waals surface area contributed by atoms with E-state index < -0.39 is 20.0 Å². The number of rotatable bonds is 4. The maximum atomic E-state index is 13.4. The predicted molar refractivity (Wildman–Crippen MR) is 152 cm³/mol. The number of hydrogen-bond acceptors (Lipinski definition) is 6. The van der Waals surface area contributed by atoms with E-state index >= 15 is 0 Å². The van der Waals surface area contributed by atoms with Crippen molar-refractivity contribution >= 4 is 31.1 Å². The minimum absolute atomic E-state index is 0.0768. The number of carbonyl (C=O) groups is 1. The summed E-state index contributed by atoms with van der Waals surface area (Å²) in [6.07, 6.45) is 2.80. The van der Waals surface area contributed by atoms with E-state index in [9.17, 15) is 9.90 Å². The molecule has 0 spiro atoms. The average Bonchev–Trinajstić information content (AvgIpc) is 3.16. The minimum atomic E-state index is -2.02. The summed E-state index contributed by atoms with van der Waals surface area (Å²) in [5.74, 6) is 1.64. The lowest BCUT2D eigenvalue weighted by Crippen LogP contribution is -2.43. The zero-order valence-electron chi connectivity index (χ0n) is 23.5. The van der Waals surface area contributed by atoms with Gasteiger partial charge in [0.25, 0.3) is 0 Å². The van der Waals surface area contributed by atoms with E-state index in [1.165, 1.54) is 0 Å². The van der Waals surface area contributed by atoms with Crippen molar-refractivity contribution in [2.45, 2.75) is 84.2 Å². The zero-order valence-corrected chi connectivity index (χ0v) is 24.5. The van der Waals surface area contributed by atoms with Gasteiger partial charge in [0, 0.05) is 30.2 Å². The summed E-state index contributed by atoms with van der Waals surface area (Å²) >= 11 is 0. The molecule has 2 aromatic heterocycles. The second-order valence-electron chi connectivity index (χ2n) is 12.6. The van der Waals surface area contributed by atoms with Gasteiger partial charge in [-0.05, 0) is 88.1 Å². The van der Waals surface area contributed by atoms with Crippen LogP contribution in [0, 0.1) is 0 Å². The second-order valence-corrected chi connectivity index (χ2v) is 17.3. The Hall–Kier alpha value is -2.84. The SMILES string of the molecule is CC(C)(C)OC(=O)n1c(-c2ccc(N3CCC[C@@H](O)C3)nc2)cc2cc(O[Si](C)(C)C(C)(C)C)ccc21. The van der Waals surface area contributed by atoms with Gasteiger partial charge < -0.3 is 19.2 Å². The van der Waals surface area contributed by atoms with Gasteiger partial charge >= 0.3 is 6.09 Å². The molecule has 37 heavy (non-hydrogen) atoms. The van der Waals surface area contributed by atoms with Crippen molar-refractivity contribution in [3.05, 3.63) is 42.6 Å². The van der Waals surface area contributed by atoms with Gasteiger partial charge in [0.1, 0.15) is 17.2 Å². The van der Waals surface area contributed by atoms with E-state index in [2.05, 4.69) is 43.7 Å². The molecular weight excluding hydrogens is 482 g/mol. The number of β-amino-alcohol motifs (C(OH)–C–C–N with tert-alkyl or cyclic N) is 1. The van der Waals surface area contributed by atoms with Crippen molar-refractivity contribution in [1.29, 1.82) is 0 Å². The third-order valence-electron chi connectivity index (χ3n) is 7.29. The molecule has 3 heterocycles. The van der Waals surface area contributed by atoms with Gasteiger partial charge in [-0.3, -0.25) is 0 Å². The van der Waals surface area contributed by atoms with Crippen molar-refractivity contribution in [2.75, 3.05) is 18.0 Å². The van der Waals surface area contributed by atoms with E-state index in [1.54, 1.807) is 10.8 Å². The normalized spacial score (nSPS) is 17.2. The molecule has 1 aliphatic rings. The number of aromatic nitrogens is 2. The van der Waals surface area contributed by atoms with Crippen LogP contribution in [-0.4, -0.2) is 53.9 Å². The number of benzene rings is 1. The molecular formula is C29H41N3O4Si. The molecule has 0 bridgehead atoms. The molecule has 200 valence electrons. The fraction of sp³-hybridized carbons (Fsp3) is 0.517. The molecule has 0 saturated carbocycles. The Morgan fingerprint density at radius 3 is 2.41 bits per heavy atom. The van der Waals surface area contributed by atoms with Gasteiger partial charge in [-0.15, -0.1) is 0 Å². The molecule has 1 N–H and O–H groups in total. The summed E-state index contributed by atoms with van der Waals surface area (Å²) < 4.78 is 13.9. The summed E-state index contributed by atoms with van der Waals surface area (Å²) in [6.45, 7) is 18.2. The summed E-state index contributed by atoms with van der Waals surface area (Å²) in [5, 5.41) is 11.0. The maximum absolute atomic E-state index is 13.4. The van der Waals surface area contributed by atoms with Crippen LogP contribution in [0.3, 0.4) is 0 Å². The Balaban J connectivity index is 1.75. The fourth-order valence-electron chi connectivity index (χ4n) is 4.31. The molecule has 0 aliphatic carbocycles. The molecule has 0 radical (unpaired) electrons. The second kappa shape index (κ2) is 9.80. The van der Waals surface area contributed by atoms with E-state index in [0.717, 1.165) is 47.4 Å². The highest BCUT2D eigenvalue weighted by Gasteiger charge is 2.39. The number of fused-ring (bicyclic) bond motifs is 1. The van der Waals surface area contributed by atoms with E-state index in [4.69, 9.17) is 9.16 Å². The van der Waals surface area contributed by atoms with Crippen LogP contribution in [0.1, 0.15) is 54.4 Å².